The SMILES string of the molecule is CCC(=O)N1c2ccccc2NC2=C(C(=O)C[C@@H](c3ccc(C)cc3)C2)[C@H]1c1cccc([N+](=O)[O-])c1. The van der Waals surface area contributed by atoms with Crippen molar-refractivity contribution in [2.45, 2.75) is 45.1 Å². The number of rotatable bonds is 4. The number of carbonyl (C=O) groups excluding carboxylic acids is 2. The number of aryl methyl sites for hydroxylation is 1. The smallest absolute Gasteiger partial charge is 0.269 e. The molecule has 36 heavy (non-hydrogen) atoms. The van der Waals surface area contributed by atoms with Crippen molar-refractivity contribution in [3.05, 3.63) is 111 Å². The third-order valence-electron chi connectivity index (χ3n) is 7.01. The number of Topliss-reactive ketones (excluding diaryl/α,β-unsaturated/α-hetero) is 1. The van der Waals surface area contributed by atoms with Crippen LogP contribution in [0.25, 0.3) is 0 Å². The Morgan fingerprint density at radius 3 is 2.50 bits per heavy atom. The molecule has 7 heteroatoms. The molecule has 2 atom stereocenters. The summed E-state index contributed by atoms with van der Waals surface area (Å²) in [4.78, 5) is 40.0. The summed E-state index contributed by atoms with van der Waals surface area (Å²) in [5.74, 6) is -0.230. The van der Waals surface area contributed by atoms with Gasteiger partial charge in [0.05, 0.1) is 22.3 Å². The Balaban J connectivity index is 1.72. The maximum Gasteiger partial charge on any atom is 0.269 e. The van der Waals surface area contributed by atoms with Gasteiger partial charge >= 0.3 is 0 Å². The first-order chi connectivity index (χ1) is 17.4. The molecule has 0 radical (unpaired) electrons. The molecule has 7 nitrogen and oxygen atoms in total. The molecule has 0 unspecified atom stereocenters. The number of nitro benzene ring substituents is 1. The number of para-hydroxylation sites is 2. The second-order valence-electron chi connectivity index (χ2n) is 9.35. The molecular formula is C29H27N3O4. The molecule has 0 bridgehead atoms. The number of nitrogens with zero attached hydrogens (tertiary/aromatic N) is 2. The predicted octanol–water partition coefficient (Wildman–Crippen LogP) is 6.21. The van der Waals surface area contributed by atoms with Gasteiger partial charge in [-0.05, 0) is 42.5 Å². The summed E-state index contributed by atoms with van der Waals surface area (Å²) >= 11 is 0. The summed E-state index contributed by atoms with van der Waals surface area (Å²) in [6, 6.07) is 21.2. The summed E-state index contributed by atoms with van der Waals surface area (Å²) in [6.45, 7) is 3.81. The summed E-state index contributed by atoms with van der Waals surface area (Å²) < 4.78 is 0. The van der Waals surface area contributed by atoms with E-state index in [-0.39, 0.29) is 29.7 Å². The first-order valence-electron chi connectivity index (χ1n) is 12.1. The lowest BCUT2D eigenvalue weighted by Crippen LogP contribution is -2.38. The molecule has 1 aliphatic heterocycles. The normalized spacial score (nSPS) is 19.2. The van der Waals surface area contributed by atoms with Crippen LogP contribution in [0.2, 0.25) is 0 Å². The van der Waals surface area contributed by atoms with Crippen LogP contribution in [0, 0.1) is 17.0 Å². The number of non-ortho nitro benzene ring substituents is 1. The molecule has 0 saturated carbocycles. The van der Waals surface area contributed by atoms with Gasteiger partial charge in [0.1, 0.15) is 0 Å². The highest BCUT2D eigenvalue weighted by molar-refractivity contribution is 6.06. The fourth-order valence-electron chi connectivity index (χ4n) is 5.23. The zero-order valence-corrected chi connectivity index (χ0v) is 20.2. The molecule has 3 aromatic carbocycles. The van der Waals surface area contributed by atoms with Crippen molar-refractivity contribution < 1.29 is 14.5 Å². The van der Waals surface area contributed by atoms with E-state index in [4.69, 9.17) is 0 Å². The van der Waals surface area contributed by atoms with Gasteiger partial charge in [-0.1, -0.05) is 61.0 Å². The highest BCUT2D eigenvalue weighted by Gasteiger charge is 2.41. The van der Waals surface area contributed by atoms with E-state index in [1.165, 1.54) is 12.1 Å². The number of ketones is 1. The van der Waals surface area contributed by atoms with E-state index < -0.39 is 11.0 Å². The van der Waals surface area contributed by atoms with E-state index in [1.54, 1.807) is 24.0 Å². The molecule has 0 aromatic heterocycles. The number of allylic oxidation sites excluding steroid dienone is 1. The first kappa shape index (κ1) is 23.5. The van der Waals surface area contributed by atoms with Crippen LogP contribution in [0.5, 0.6) is 0 Å². The van der Waals surface area contributed by atoms with Gasteiger partial charge in [-0.15, -0.1) is 0 Å². The van der Waals surface area contributed by atoms with Crippen molar-refractivity contribution in [1.29, 1.82) is 0 Å². The van der Waals surface area contributed by atoms with E-state index in [0.29, 0.717) is 29.7 Å². The highest BCUT2D eigenvalue weighted by Crippen LogP contribution is 2.47. The van der Waals surface area contributed by atoms with Gasteiger partial charge in [-0.3, -0.25) is 24.6 Å². The zero-order valence-electron chi connectivity index (χ0n) is 20.2. The van der Waals surface area contributed by atoms with Crippen LogP contribution < -0.4 is 10.2 Å². The molecule has 2 aliphatic rings. The van der Waals surface area contributed by atoms with Crippen LogP contribution >= 0.6 is 0 Å². The van der Waals surface area contributed by atoms with E-state index in [9.17, 15) is 19.7 Å². The third kappa shape index (κ3) is 4.17. The van der Waals surface area contributed by atoms with E-state index in [1.807, 2.05) is 43.3 Å². The van der Waals surface area contributed by atoms with Gasteiger partial charge in [-0.25, -0.2) is 0 Å². The minimum absolute atomic E-state index is 0.00398. The Kier molecular flexibility index (Phi) is 6.14. The monoisotopic (exact) mass is 481 g/mol. The van der Waals surface area contributed by atoms with Crippen LogP contribution in [0.15, 0.2) is 84.1 Å². The Labute approximate surface area is 209 Å². The Morgan fingerprint density at radius 1 is 1.03 bits per heavy atom. The zero-order chi connectivity index (χ0) is 25.4. The van der Waals surface area contributed by atoms with E-state index in [0.717, 1.165) is 22.5 Å². The summed E-state index contributed by atoms with van der Waals surface area (Å²) in [6.07, 6.45) is 1.13. The largest absolute Gasteiger partial charge is 0.357 e. The Hall–Kier alpha value is -4.26. The quantitative estimate of drug-likeness (QED) is 0.353. The van der Waals surface area contributed by atoms with Gasteiger partial charge in [0, 0.05) is 36.2 Å². The molecule has 0 saturated heterocycles. The number of hydrogen-bond donors (Lipinski definition) is 1. The van der Waals surface area contributed by atoms with Crippen LogP contribution in [0.1, 0.15) is 54.8 Å². The first-order valence-corrected chi connectivity index (χ1v) is 12.1. The minimum atomic E-state index is -0.769. The van der Waals surface area contributed by atoms with Crippen molar-refractivity contribution in [1.82, 2.24) is 0 Å². The van der Waals surface area contributed by atoms with Crippen molar-refractivity contribution in [2.75, 3.05) is 10.2 Å². The summed E-state index contributed by atoms with van der Waals surface area (Å²) in [7, 11) is 0. The summed E-state index contributed by atoms with van der Waals surface area (Å²) in [5, 5.41) is 15.1. The maximum atomic E-state index is 13.9. The molecule has 5 rings (SSSR count). The molecule has 1 heterocycles. The van der Waals surface area contributed by atoms with Gasteiger partial charge < -0.3 is 5.32 Å². The predicted molar refractivity (Wildman–Crippen MR) is 139 cm³/mol. The number of amides is 1. The lowest BCUT2D eigenvalue weighted by molar-refractivity contribution is -0.384. The molecular weight excluding hydrogens is 454 g/mol. The van der Waals surface area contributed by atoms with Crippen molar-refractivity contribution in [3.8, 4) is 0 Å². The van der Waals surface area contributed by atoms with Gasteiger partial charge in [0.25, 0.3) is 5.69 Å². The highest BCUT2D eigenvalue weighted by atomic mass is 16.6. The molecule has 1 aliphatic carbocycles. The van der Waals surface area contributed by atoms with Gasteiger partial charge in [0.15, 0.2) is 5.78 Å². The average molecular weight is 482 g/mol. The standard InChI is InChI=1S/C29H27N3O4/c1-3-27(34)31-25-10-5-4-9-23(25)30-24-16-21(19-13-11-18(2)12-14-19)17-26(33)28(24)29(31)20-7-6-8-22(15-20)32(35)36/h4-15,21,29-30H,3,16-17H2,1-2H3/t21-,29+/m0/s1. The fourth-order valence-corrected chi connectivity index (χ4v) is 5.23. The van der Waals surface area contributed by atoms with Gasteiger partial charge in [0.2, 0.25) is 5.91 Å². The number of hydrogen-bond acceptors (Lipinski definition) is 5. The maximum absolute atomic E-state index is 13.9. The molecule has 1 N–H and O–H groups in total. The number of carbonyl (C=O) groups is 2. The van der Waals surface area contributed by atoms with E-state index >= 15 is 0 Å². The number of anilines is 2. The fraction of sp³-hybridized carbons (Fsp3) is 0.241. The molecule has 0 fully saturated rings. The Bertz CT molecular complexity index is 1390. The van der Waals surface area contributed by atoms with Crippen molar-refractivity contribution in [2.24, 2.45) is 0 Å². The number of nitro groups is 1. The van der Waals surface area contributed by atoms with Crippen molar-refractivity contribution >= 4 is 28.8 Å². The van der Waals surface area contributed by atoms with Crippen LogP contribution in [0.4, 0.5) is 17.1 Å². The summed E-state index contributed by atoms with van der Waals surface area (Å²) in [5.41, 5.74) is 5.34. The molecule has 1 amide bonds. The minimum Gasteiger partial charge on any atom is -0.357 e. The number of fused-ring (bicyclic) bond motifs is 1. The third-order valence-corrected chi connectivity index (χ3v) is 7.01. The topological polar surface area (TPSA) is 92.6 Å². The number of benzene rings is 3. The molecule has 182 valence electrons. The molecule has 3 aromatic rings. The Morgan fingerprint density at radius 2 is 1.78 bits per heavy atom. The van der Waals surface area contributed by atoms with Gasteiger partial charge in [-0.2, -0.15) is 0 Å². The molecule has 0 spiro atoms. The van der Waals surface area contributed by atoms with Crippen LogP contribution in [0.3, 0.4) is 0 Å². The number of nitrogens with one attached hydrogen (secondary N) is 1. The average Bonchev–Trinajstić information content (AvgIpc) is 3.03. The van der Waals surface area contributed by atoms with E-state index in [2.05, 4.69) is 17.4 Å². The lowest BCUT2D eigenvalue weighted by Gasteiger charge is -2.35. The van der Waals surface area contributed by atoms with Crippen LogP contribution in [-0.2, 0) is 9.59 Å². The van der Waals surface area contributed by atoms with Crippen LogP contribution in [-0.4, -0.2) is 16.6 Å². The second-order valence-corrected chi connectivity index (χ2v) is 9.35. The second kappa shape index (κ2) is 9.41. The van der Waals surface area contributed by atoms with Crippen molar-refractivity contribution in [3.63, 3.8) is 0 Å². The lowest BCUT2D eigenvalue weighted by atomic mass is 9.78.